The predicted octanol–water partition coefficient (Wildman–Crippen LogP) is 4.94. The normalized spacial score (nSPS) is 12.5. The van der Waals surface area contributed by atoms with Crippen LogP contribution in [-0.2, 0) is 0 Å². The van der Waals surface area contributed by atoms with Crippen LogP contribution >= 0.6 is 27.5 Å². The third-order valence-electron chi connectivity index (χ3n) is 2.89. The average molecular weight is 355 g/mol. The van der Waals surface area contributed by atoms with E-state index in [9.17, 15) is 0 Å². The molecule has 2 rings (SSSR count). The number of nitrogens with two attached hydrogens (primary N) is 1. The van der Waals surface area contributed by atoms with E-state index in [0.29, 0.717) is 5.02 Å². The fourth-order valence-corrected chi connectivity index (χ4v) is 2.47. The van der Waals surface area contributed by atoms with Gasteiger partial charge in [-0.25, -0.2) is 0 Å². The largest absolute Gasteiger partial charge is 0.491 e. The highest BCUT2D eigenvalue weighted by Gasteiger charge is 2.11. The van der Waals surface area contributed by atoms with Crippen molar-refractivity contribution in [1.29, 1.82) is 0 Å². The molecule has 0 amide bonds. The Balaban J connectivity index is 2.28. The molecule has 1 unspecified atom stereocenters. The lowest BCUT2D eigenvalue weighted by atomic mass is 9.99. The lowest BCUT2D eigenvalue weighted by Gasteiger charge is -2.16. The second kappa shape index (κ2) is 6.61. The Hall–Kier alpha value is -1.03. The van der Waals surface area contributed by atoms with Gasteiger partial charge in [-0.2, -0.15) is 0 Å². The van der Waals surface area contributed by atoms with E-state index in [1.54, 1.807) is 0 Å². The summed E-state index contributed by atoms with van der Waals surface area (Å²) in [7, 11) is 0. The fourth-order valence-electron chi connectivity index (χ4n) is 1.95. The zero-order chi connectivity index (χ0) is 14.7. The van der Waals surface area contributed by atoms with Crippen molar-refractivity contribution in [3.8, 4) is 5.75 Å². The van der Waals surface area contributed by atoms with Crippen molar-refractivity contribution in [3.05, 3.63) is 63.1 Å². The molecule has 0 bridgehead atoms. The monoisotopic (exact) mass is 353 g/mol. The van der Waals surface area contributed by atoms with Crippen LogP contribution in [-0.4, -0.2) is 6.10 Å². The molecule has 0 aliphatic carbocycles. The number of halogens is 2. The summed E-state index contributed by atoms with van der Waals surface area (Å²) in [6, 6.07) is 13.4. The molecule has 0 radical (unpaired) electrons. The van der Waals surface area contributed by atoms with Gasteiger partial charge in [0.1, 0.15) is 5.75 Å². The van der Waals surface area contributed by atoms with Gasteiger partial charge in [0.2, 0.25) is 0 Å². The Kier molecular flexibility index (Phi) is 5.08. The minimum Gasteiger partial charge on any atom is -0.491 e. The number of hydrogen-bond acceptors (Lipinski definition) is 2. The number of benzene rings is 2. The van der Waals surface area contributed by atoms with Crippen molar-refractivity contribution >= 4 is 27.5 Å². The summed E-state index contributed by atoms with van der Waals surface area (Å²) in [6.45, 7) is 4.01. The van der Waals surface area contributed by atoms with Crippen molar-refractivity contribution in [2.24, 2.45) is 5.73 Å². The summed E-state index contributed by atoms with van der Waals surface area (Å²) in [5, 5.41) is 0.679. The fraction of sp³-hybridized carbons (Fsp3) is 0.250. The van der Waals surface area contributed by atoms with E-state index in [4.69, 9.17) is 22.1 Å². The lowest BCUT2D eigenvalue weighted by Crippen LogP contribution is -2.12. The Bertz CT molecular complexity index is 601. The van der Waals surface area contributed by atoms with Crippen LogP contribution in [0.25, 0.3) is 0 Å². The molecule has 0 aliphatic rings. The molecule has 0 saturated heterocycles. The van der Waals surface area contributed by atoms with Crippen LogP contribution in [0, 0.1) is 0 Å². The molecule has 2 aromatic rings. The molecule has 0 spiro atoms. The van der Waals surface area contributed by atoms with Crippen molar-refractivity contribution < 1.29 is 4.74 Å². The van der Waals surface area contributed by atoms with Crippen LogP contribution in [0.3, 0.4) is 0 Å². The third kappa shape index (κ3) is 3.75. The van der Waals surface area contributed by atoms with Crippen LogP contribution in [0.15, 0.2) is 46.9 Å². The van der Waals surface area contributed by atoms with E-state index in [2.05, 4.69) is 15.9 Å². The molecular weight excluding hydrogens is 338 g/mol. The SMILES string of the molecule is CC(C)Oc1cccc(C(N)c2ccc(Cl)c(Br)c2)c1. The van der Waals surface area contributed by atoms with Gasteiger partial charge in [-0.1, -0.05) is 29.8 Å². The van der Waals surface area contributed by atoms with Gasteiger partial charge in [0.15, 0.2) is 0 Å². The first kappa shape index (κ1) is 15.4. The van der Waals surface area contributed by atoms with Crippen molar-refractivity contribution in [2.45, 2.75) is 26.0 Å². The molecule has 0 fully saturated rings. The van der Waals surface area contributed by atoms with Gasteiger partial charge in [0, 0.05) is 4.47 Å². The molecular formula is C16H17BrClNO. The van der Waals surface area contributed by atoms with Crippen molar-refractivity contribution in [3.63, 3.8) is 0 Å². The third-order valence-corrected chi connectivity index (χ3v) is 4.11. The predicted molar refractivity (Wildman–Crippen MR) is 87.4 cm³/mol. The molecule has 2 aromatic carbocycles. The van der Waals surface area contributed by atoms with Crippen LogP contribution in [0.5, 0.6) is 5.75 Å². The van der Waals surface area contributed by atoms with Crippen molar-refractivity contribution in [2.75, 3.05) is 0 Å². The van der Waals surface area contributed by atoms with Crippen LogP contribution in [0.1, 0.15) is 31.0 Å². The molecule has 1 atom stereocenters. The summed E-state index contributed by atoms with van der Waals surface area (Å²) in [5.41, 5.74) is 8.33. The maximum Gasteiger partial charge on any atom is 0.120 e. The Morgan fingerprint density at radius 2 is 1.80 bits per heavy atom. The average Bonchev–Trinajstić information content (AvgIpc) is 2.40. The summed E-state index contributed by atoms with van der Waals surface area (Å²) < 4.78 is 6.55. The maximum absolute atomic E-state index is 6.32. The van der Waals surface area contributed by atoms with Crippen molar-refractivity contribution in [1.82, 2.24) is 0 Å². The van der Waals surface area contributed by atoms with E-state index in [-0.39, 0.29) is 12.1 Å². The highest BCUT2D eigenvalue weighted by Crippen LogP contribution is 2.29. The first-order valence-corrected chi connectivity index (χ1v) is 7.61. The quantitative estimate of drug-likeness (QED) is 0.844. The number of rotatable bonds is 4. The van der Waals surface area contributed by atoms with E-state index in [1.165, 1.54) is 0 Å². The number of ether oxygens (including phenoxy) is 1. The summed E-state index contributed by atoms with van der Waals surface area (Å²) in [6.07, 6.45) is 0.145. The van der Waals surface area contributed by atoms with Gasteiger partial charge in [-0.15, -0.1) is 0 Å². The second-order valence-electron chi connectivity index (χ2n) is 4.89. The first-order chi connectivity index (χ1) is 9.47. The summed E-state index contributed by atoms with van der Waals surface area (Å²) in [5.74, 6) is 0.834. The van der Waals surface area contributed by atoms with E-state index in [0.717, 1.165) is 21.3 Å². The van der Waals surface area contributed by atoms with Gasteiger partial charge in [-0.3, -0.25) is 0 Å². The maximum atomic E-state index is 6.32. The lowest BCUT2D eigenvalue weighted by molar-refractivity contribution is 0.242. The standard InChI is InChI=1S/C16H17BrClNO/c1-10(2)20-13-5-3-4-11(8-13)16(19)12-6-7-15(18)14(17)9-12/h3-10,16H,19H2,1-2H3. The molecule has 0 heterocycles. The van der Waals surface area contributed by atoms with E-state index in [1.807, 2.05) is 56.3 Å². The molecule has 2 nitrogen and oxygen atoms in total. The highest BCUT2D eigenvalue weighted by atomic mass is 79.9. The Morgan fingerprint density at radius 3 is 2.45 bits per heavy atom. The van der Waals surface area contributed by atoms with Gasteiger partial charge in [0.25, 0.3) is 0 Å². The van der Waals surface area contributed by atoms with Gasteiger partial charge in [0.05, 0.1) is 17.2 Å². The first-order valence-electron chi connectivity index (χ1n) is 6.44. The van der Waals surface area contributed by atoms with E-state index < -0.39 is 0 Å². The smallest absolute Gasteiger partial charge is 0.120 e. The molecule has 0 saturated carbocycles. The second-order valence-corrected chi connectivity index (χ2v) is 6.15. The van der Waals surface area contributed by atoms with Gasteiger partial charge < -0.3 is 10.5 Å². The van der Waals surface area contributed by atoms with Gasteiger partial charge in [-0.05, 0) is 65.2 Å². The minimum absolute atomic E-state index is 0.145. The summed E-state index contributed by atoms with van der Waals surface area (Å²) >= 11 is 9.43. The van der Waals surface area contributed by atoms with Crippen LogP contribution in [0.4, 0.5) is 0 Å². The van der Waals surface area contributed by atoms with Crippen LogP contribution < -0.4 is 10.5 Å². The van der Waals surface area contributed by atoms with E-state index >= 15 is 0 Å². The van der Waals surface area contributed by atoms with Gasteiger partial charge >= 0.3 is 0 Å². The topological polar surface area (TPSA) is 35.2 Å². The molecule has 0 aliphatic heterocycles. The molecule has 106 valence electrons. The zero-order valence-electron chi connectivity index (χ0n) is 11.4. The molecule has 0 aromatic heterocycles. The Morgan fingerprint density at radius 1 is 1.10 bits per heavy atom. The van der Waals surface area contributed by atoms with Crippen LogP contribution in [0.2, 0.25) is 5.02 Å². The molecule has 4 heteroatoms. The number of hydrogen-bond donors (Lipinski definition) is 1. The summed E-state index contributed by atoms with van der Waals surface area (Å²) in [4.78, 5) is 0. The minimum atomic E-state index is -0.209. The molecule has 2 N–H and O–H groups in total. The molecule has 20 heavy (non-hydrogen) atoms. The zero-order valence-corrected chi connectivity index (χ0v) is 13.8. The highest BCUT2D eigenvalue weighted by molar-refractivity contribution is 9.10. The Labute approximate surface area is 133 Å².